The van der Waals surface area contributed by atoms with Crippen LogP contribution in [-0.2, 0) is 0 Å². The SMILES string of the molecule is CNC1(C)N=c2sc3c(NCCN4CCNCC4)ncnc3c2=C2CC(C)(C)CCC21. The molecule has 2 aliphatic heterocycles. The van der Waals surface area contributed by atoms with E-state index in [-0.39, 0.29) is 5.66 Å². The molecule has 0 amide bonds. The Bertz CT molecular complexity index is 1090. The first-order chi connectivity index (χ1) is 14.9. The second-order valence-corrected chi connectivity index (χ2v) is 11.2. The molecule has 8 heteroatoms. The predicted octanol–water partition coefficient (Wildman–Crippen LogP) is 1.55. The van der Waals surface area contributed by atoms with Crippen molar-refractivity contribution in [1.82, 2.24) is 25.5 Å². The molecule has 1 saturated carbocycles. The fourth-order valence-corrected chi connectivity index (χ4v) is 6.73. The molecule has 1 aliphatic carbocycles. The van der Waals surface area contributed by atoms with Gasteiger partial charge in [0.15, 0.2) is 0 Å². The average molecular weight is 442 g/mol. The largest absolute Gasteiger partial charge is 0.367 e. The quantitative estimate of drug-likeness (QED) is 0.654. The maximum atomic E-state index is 5.24. The molecule has 4 heterocycles. The Labute approximate surface area is 188 Å². The van der Waals surface area contributed by atoms with E-state index in [1.807, 2.05) is 7.05 Å². The van der Waals surface area contributed by atoms with Crippen molar-refractivity contribution >= 4 is 32.9 Å². The molecule has 31 heavy (non-hydrogen) atoms. The summed E-state index contributed by atoms with van der Waals surface area (Å²) in [5.74, 6) is 1.38. The number of nitrogens with zero attached hydrogens (tertiary/aromatic N) is 4. The molecule has 3 aliphatic rings. The van der Waals surface area contributed by atoms with Crippen LogP contribution in [-0.4, -0.2) is 66.8 Å². The van der Waals surface area contributed by atoms with Crippen molar-refractivity contribution in [2.75, 3.05) is 51.6 Å². The van der Waals surface area contributed by atoms with Crippen molar-refractivity contribution in [3.8, 4) is 0 Å². The van der Waals surface area contributed by atoms with E-state index >= 15 is 0 Å². The van der Waals surface area contributed by atoms with Gasteiger partial charge in [-0.2, -0.15) is 0 Å². The summed E-state index contributed by atoms with van der Waals surface area (Å²) < 4.78 is 2.26. The minimum atomic E-state index is -0.247. The molecule has 0 radical (unpaired) electrons. The van der Waals surface area contributed by atoms with Crippen molar-refractivity contribution in [3.63, 3.8) is 0 Å². The molecule has 5 rings (SSSR count). The van der Waals surface area contributed by atoms with Gasteiger partial charge in [-0.3, -0.25) is 15.2 Å². The number of rotatable bonds is 5. The lowest BCUT2D eigenvalue weighted by Crippen LogP contribution is -2.54. The van der Waals surface area contributed by atoms with E-state index in [0.29, 0.717) is 11.3 Å². The summed E-state index contributed by atoms with van der Waals surface area (Å²) in [4.78, 5) is 17.1. The summed E-state index contributed by atoms with van der Waals surface area (Å²) in [6.45, 7) is 13.4. The lowest BCUT2D eigenvalue weighted by molar-refractivity contribution is 0.199. The first kappa shape index (κ1) is 21.2. The molecule has 2 atom stereocenters. The Morgan fingerprint density at radius 2 is 2.03 bits per heavy atom. The lowest BCUT2D eigenvalue weighted by atomic mass is 9.66. The van der Waals surface area contributed by atoms with Gasteiger partial charge in [0.25, 0.3) is 0 Å². The molecular formula is C23H35N7S. The summed E-state index contributed by atoms with van der Waals surface area (Å²) in [5.41, 5.74) is 2.69. The first-order valence-corrected chi connectivity index (χ1v) is 12.4. The third-order valence-corrected chi connectivity index (χ3v) is 8.50. The third kappa shape index (κ3) is 3.88. The minimum Gasteiger partial charge on any atom is -0.367 e. The summed E-state index contributed by atoms with van der Waals surface area (Å²) in [6.07, 6.45) is 5.23. The van der Waals surface area contributed by atoms with E-state index in [1.54, 1.807) is 17.7 Å². The fraction of sp³-hybridized carbons (Fsp3) is 0.696. The normalized spacial score (nSPS) is 28.1. The third-order valence-electron chi connectivity index (χ3n) is 7.42. The topological polar surface area (TPSA) is 77.5 Å². The number of hydrogen-bond donors (Lipinski definition) is 3. The first-order valence-electron chi connectivity index (χ1n) is 11.6. The van der Waals surface area contributed by atoms with Gasteiger partial charge in [0, 0.05) is 50.4 Å². The van der Waals surface area contributed by atoms with Crippen molar-refractivity contribution in [3.05, 3.63) is 16.2 Å². The highest BCUT2D eigenvalue weighted by atomic mass is 32.1. The predicted molar refractivity (Wildman–Crippen MR) is 128 cm³/mol. The maximum Gasteiger partial charge on any atom is 0.147 e. The van der Waals surface area contributed by atoms with Crippen LogP contribution in [0.25, 0.3) is 15.8 Å². The number of nitrogens with one attached hydrogen (secondary N) is 3. The molecule has 2 aromatic rings. The molecule has 168 valence electrons. The van der Waals surface area contributed by atoms with Gasteiger partial charge in [-0.15, -0.1) is 11.3 Å². The Hall–Kier alpha value is -1.61. The molecule has 1 saturated heterocycles. The molecular weight excluding hydrogens is 406 g/mol. The van der Waals surface area contributed by atoms with Crippen LogP contribution in [0.1, 0.15) is 40.0 Å². The van der Waals surface area contributed by atoms with Crippen molar-refractivity contribution < 1.29 is 0 Å². The molecule has 0 spiro atoms. The Balaban J connectivity index is 1.54. The smallest absolute Gasteiger partial charge is 0.147 e. The standard InChI is InChI=1S/C23H35N7S/c1-22(2)6-5-16-15(13-22)17-18-19(31-21(17)29-23(16,3)24-4)20(28-14-27-18)26-9-12-30-10-7-25-8-11-30/h14,16,24-25H,5-13H2,1-4H3,(H,26,27,28). The van der Waals surface area contributed by atoms with Crippen molar-refractivity contribution in [2.45, 2.75) is 45.7 Å². The van der Waals surface area contributed by atoms with E-state index in [4.69, 9.17) is 9.98 Å². The van der Waals surface area contributed by atoms with Gasteiger partial charge in [0.1, 0.15) is 22.5 Å². The molecule has 7 nitrogen and oxygen atoms in total. The van der Waals surface area contributed by atoms with Gasteiger partial charge in [0.2, 0.25) is 0 Å². The van der Waals surface area contributed by atoms with Crippen LogP contribution in [0, 0.1) is 11.3 Å². The number of piperazine rings is 1. The van der Waals surface area contributed by atoms with E-state index in [1.165, 1.54) is 23.6 Å². The van der Waals surface area contributed by atoms with Crippen molar-refractivity contribution in [2.24, 2.45) is 16.3 Å². The van der Waals surface area contributed by atoms with Crippen LogP contribution in [0.3, 0.4) is 0 Å². The second-order valence-electron chi connectivity index (χ2n) is 10.2. The fourth-order valence-electron chi connectivity index (χ4n) is 5.50. The minimum absolute atomic E-state index is 0.247. The zero-order valence-corrected chi connectivity index (χ0v) is 20.0. The van der Waals surface area contributed by atoms with Crippen LogP contribution in [0.4, 0.5) is 5.82 Å². The molecule has 3 N–H and O–H groups in total. The highest BCUT2D eigenvalue weighted by molar-refractivity contribution is 7.17. The summed E-state index contributed by atoms with van der Waals surface area (Å²) >= 11 is 1.75. The van der Waals surface area contributed by atoms with Gasteiger partial charge in [-0.05, 0) is 38.6 Å². The van der Waals surface area contributed by atoms with Crippen LogP contribution in [0.15, 0.2) is 11.3 Å². The van der Waals surface area contributed by atoms with E-state index in [0.717, 1.165) is 66.4 Å². The van der Waals surface area contributed by atoms with Gasteiger partial charge in [0.05, 0.1) is 10.2 Å². The van der Waals surface area contributed by atoms with Gasteiger partial charge in [-0.1, -0.05) is 19.4 Å². The zero-order valence-electron chi connectivity index (χ0n) is 19.2. The van der Waals surface area contributed by atoms with E-state index < -0.39 is 0 Å². The molecule has 2 aromatic heterocycles. The molecule has 2 unspecified atom stereocenters. The lowest BCUT2D eigenvalue weighted by Gasteiger charge is -2.45. The number of anilines is 1. The van der Waals surface area contributed by atoms with Gasteiger partial charge < -0.3 is 10.6 Å². The van der Waals surface area contributed by atoms with Crippen LogP contribution < -0.4 is 25.8 Å². The number of aromatic nitrogens is 2. The van der Waals surface area contributed by atoms with Crippen LogP contribution >= 0.6 is 11.3 Å². The Kier molecular flexibility index (Phi) is 5.53. The van der Waals surface area contributed by atoms with E-state index in [2.05, 4.69) is 46.6 Å². The van der Waals surface area contributed by atoms with Crippen LogP contribution in [0.2, 0.25) is 0 Å². The summed E-state index contributed by atoms with van der Waals surface area (Å²) in [5, 5.41) is 11.8. The number of thiophene rings is 1. The monoisotopic (exact) mass is 441 g/mol. The highest BCUT2D eigenvalue weighted by Gasteiger charge is 2.43. The second kappa shape index (κ2) is 8.06. The van der Waals surface area contributed by atoms with Gasteiger partial charge in [-0.25, -0.2) is 9.97 Å². The average Bonchev–Trinajstić information content (AvgIpc) is 3.12. The zero-order chi connectivity index (χ0) is 21.6. The van der Waals surface area contributed by atoms with Crippen LogP contribution in [0.5, 0.6) is 0 Å². The Morgan fingerprint density at radius 3 is 2.81 bits per heavy atom. The molecule has 2 fully saturated rings. The molecule has 0 bridgehead atoms. The summed E-state index contributed by atoms with van der Waals surface area (Å²) in [7, 11) is 2.04. The highest BCUT2D eigenvalue weighted by Crippen LogP contribution is 2.47. The number of fused-ring (bicyclic) bond motifs is 4. The molecule has 0 aromatic carbocycles. The summed E-state index contributed by atoms with van der Waals surface area (Å²) in [6, 6.07) is 0. The number of hydrogen-bond acceptors (Lipinski definition) is 8. The maximum absolute atomic E-state index is 5.24. The Morgan fingerprint density at radius 1 is 1.23 bits per heavy atom. The van der Waals surface area contributed by atoms with Crippen molar-refractivity contribution in [1.29, 1.82) is 0 Å². The van der Waals surface area contributed by atoms with E-state index in [9.17, 15) is 0 Å². The van der Waals surface area contributed by atoms with Gasteiger partial charge >= 0.3 is 0 Å².